The van der Waals surface area contributed by atoms with Crippen molar-refractivity contribution < 1.29 is 9.53 Å². The van der Waals surface area contributed by atoms with Crippen LogP contribution in [0.4, 0.5) is 5.82 Å². The van der Waals surface area contributed by atoms with E-state index in [1.165, 1.54) is 0 Å². The van der Waals surface area contributed by atoms with Gasteiger partial charge in [0.25, 0.3) is 0 Å². The molecule has 0 spiro atoms. The van der Waals surface area contributed by atoms with E-state index in [4.69, 9.17) is 11.7 Å². The normalized spacial score (nSPS) is 16.5. The maximum absolute atomic E-state index is 11.0. The van der Waals surface area contributed by atoms with E-state index >= 15 is 0 Å². The highest BCUT2D eigenvalue weighted by Gasteiger charge is 2.13. The van der Waals surface area contributed by atoms with E-state index in [9.17, 15) is 4.79 Å². The fourth-order valence-corrected chi connectivity index (χ4v) is 1.54. The average molecular weight is 204 g/mol. The van der Waals surface area contributed by atoms with Gasteiger partial charge in [-0.05, 0) is 12.1 Å². The first-order chi connectivity index (χ1) is 7.27. The van der Waals surface area contributed by atoms with Gasteiger partial charge in [0.05, 0.1) is 13.2 Å². The van der Waals surface area contributed by atoms with Crippen LogP contribution in [-0.2, 0) is 4.74 Å². The molecule has 2 radical (unpaired) electrons. The van der Waals surface area contributed by atoms with E-state index in [0.717, 1.165) is 18.9 Å². The molecule has 0 unspecified atom stereocenters. The number of hydrogen-bond donors (Lipinski definition) is 0. The summed E-state index contributed by atoms with van der Waals surface area (Å²) in [6.45, 7) is 8.20. The van der Waals surface area contributed by atoms with Gasteiger partial charge in [0.1, 0.15) is 5.82 Å². The quantitative estimate of drug-likeness (QED) is 0.669. The lowest BCUT2D eigenvalue weighted by atomic mass is 10.2. The van der Waals surface area contributed by atoms with Gasteiger partial charge in [0.2, 0.25) is 0 Å². The molecule has 0 atom stereocenters. The lowest BCUT2D eigenvalue weighted by Gasteiger charge is -2.27. The highest BCUT2D eigenvalue weighted by molar-refractivity contribution is 5.99. The van der Waals surface area contributed by atoms with Crippen molar-refractivity contribution in [1.29, 1.82) is 0 Å². The molecule has 0 aliphatic carbocycles. The molecule has 78 valence electrons. The number of carbonyl (C=O) groups is 1. The Hall–Kier alpha value is -1.42. The predicted octanol–water partition coefficient (Wildman–Crippen LogP) is 0.812. The molecule has 4 nitrogen and oxygen atoms in total. The van der Waals surface area contributed by atoms with Gasteiger partial charge in [0.15, 0.2) is 5.78 Å². The number of rotatable bonds is 2. The molecule has 1 saturated heterocycles. The molecule has 4 heteroatoms. The van der Waals surface area contributed by atoms with Crippen LogP contribution in [0.3, 0.4) is 0 Å². The molecule has 0 amide bonds. The Bertz CT molecular complexity index is 359. The summed E-state index contributed by atoms with van der Waals surface area (Å²) in [5.41, 5.74) is 0.492. The molecule has 1 aliphatic heterocycles. The Balaban J connectivity index is 2.19. The Morgan fingerprint density at radius 2 is 2.20 bits per heavy atom. The number of ketones is 1. The second kappa shape index (κ2) is 4.40. The van der Waals surface area contributed by atoms with Gasteiger partial charge in [-0.25, -0.2) is 4.98 Å². The molecule has 0 bridgehead atoms. The largest absolute Gasteiger partial charge is 0.378 e. The number of morpholine rings is 1. The first-order valence-electron chi connectivity index (χ1n) is 4.86. The summed E-state index contributed by atoms with van der Waals surface area (Å²) in [5.74, 6) is 0.363. The van der Waals surface area contributed by atoms with Crippen LogP contribution in [0.1, 0.15) is 10.4 Å². The predicted molar refractivity (Wildman–Crippen MR) is 55.9 cm³/mol. The van der Waals surface area contributed by atoms with Crippen molar-refractivity contribution in [2.24, 2.45) is 0 Å². The van der Waals surface area contributed by atoms with Crippen LogP contribution in [0.15, 0.2) is 18.3 Å². The van der Waals surface area contributed by atoms with Crippen LogP contribution in [0.2, 0.25) is 0 Å². The van der Waals surface area contributed by atoms with Crippen molar-refractivity contribution in [2.45, 2.75) is 0 Å². The topological polar surface area (TPSA) is 42.4 Å². The van der Waals surface area contributed by atoms with E-state index in [2.05, 4.69) is 9.88 Å². The third-order valence-corrected chi connectivity index (χ3v) is 2.37. The fraction of sp³-hybridized carbons (Fsp3) is 0.364. The Morgan fingerprint density at radius 1 is 1.47 bits per heavy atom. The van der Waals surface area contributed by atoms with E-state index in [1.54, 1.807) is 18.3 Å². The number of aromatic nitrogens is 1. The van der Waals surface area contributed by atoms with Gasteiger partial charge >= 0.3 is 0 Å². The number of hydrogen-bond acceptors (Lipinski definition) is 4. The lowest BCUT2D eigenvalue weighted by Crippen LogP contribution is -2.36. The number of ether oxygens (including phenoxy) is 1. The molecule has 1 aliphatic rings. The number of Topliss-reactive ketones (excluding diaryl/α,β-unsaturated/α-hetero) is 1. The van der Waals surface area contributed by atoms with Crippen LogP contribution >= 0.6 is 0 Å². The summed E-state index contributed by atoms with van der Waals surface area (Å²) in [7, 11) is 0. The molecule has 1 fully saturated rings. The molecular weight excluding hydrogens is 192 g/mol. The van der Waals surface area contributed by atoms with Crippen LogP contribution in [0, 0.1) is 6.92 Å². The third kappa shape index (κ3) is 2.33. The molecule has 0 N–H and O–H groups in total. The number of anilines is 1. The van der Waals surface area contributed by atoms with Crippen LogP contribution in [0.5, 0.6) is 0 Å². The first kappa shape index (κ1) is 10.1. The minimum atomic E-state index is -0.424. The zero-order chi connectivity index (χ0) is 10.7. The lowest BCUT2D eigenvalue weighted by molar-refractivity contribution is 0.104. The number of pyridine rings is 1. The maximum Gasteiger partial charge on any atom is 0.167 e. The summed E-state index contributed by atoms with van der Waals surface area (Å²) in [6.07, 6.45) is 1.60. The highest BCUT2D eigenvalue weighted by atomic mass is 16.5. The number of nitrogens with zero attached hydrogens (tertiary/aromatic N) is 2. The van der Waals surface area contributed by atoms with E-state index in [1.807, 2.05) is 0 Å². The van der Waals surface area contributed by atoms with Crippen molar-refractivity contribution in [1.82, 2.24) is 4.98 Å². The van der Waals surface area contributed by atoms with Gasteiger partial charge in [-0.2, -0.15) is 0 Å². The van der Waals surface area contributed by atoms with Crippen molar-refractivity contribution >= 4 is 11.6 Å². The minimum absolute atomic E-state index is 0.424. The van der Waals surface area contributed by atoms with Crippen molar-refractivity contribution in [3.8, 4) is 0 Å². The molecule has 2 rings (SSSR count). The van der Waals surface area contributed by atoms with E-state index in [-0.39, 0.29) is 0 Å². The molecule has 2 heterocycles. The highest BCUT2D eigenvalue weighted by Crippen LogP contribution is 2.14. The number of carbonyl (C=O) groups excluding carboxylic acids is 1. The van der Waals surface area contributed by atoms with E-state index < -0.39 is 5.78 Å². The third-order valence-electron chi connectivity index (χ3n) is 2.37. The zero-order valence-electron chi connectivity index (χ0n) is 8.35. The summed E-state index contributed by atoms with van der Waals surface area (Å²) in [5, 5.41) is 0. The van der Waals surface area contributed by atoms with Crippen LogP contribution in [-0.4, -0.2) is 37.1 Å². The molecule has 15 heavy (non-hydrogen) atoms. The summed E-state index contributed by atoms with van der Waals surface area (Å²) in [6, 6.07) is 3.33. The van der Waals surface area contributed by atoms with Gasteiger partial charge in [-0.3, -0.25) is 4.79 Å². The first-order valence-corrected chi connectivity index (χ1v) is 4.86. The summed E-state index contributed by atoms with van der Waals surface area (Å²) >= 11 is 0. The smallest absolute Gasteiger partial charge is 0.167 e. The monoisotopic (exact) mass is 204 g/mol. The van der Waals surface area contributed by atoms with Gasteiger partial charge in [0, 0.05) is 31.8 Å². The SMILES string of the molecule is [CH]C(=O)c1ccnc(N2CCOCC2)c1. The van der Waals surface area contributed by atoms with Crippen LogP contribution < -0.4 is 4.90 Å². The second-order valence-electron chi connectivity index (χ2n) is 3.37. The molecule has 0 aromatic carbocycles. The molecule has 0 saturated carbocycles. The molecule has 1 aromatic rings. The van der Waals surface area contributed by atoms with Crippen molar-refractivity contribution in [3.05, 3.63) is 30.8 Å². The standard InChI is InChI=1S/C11H12N2O2/c1-9(14)10-2-3-12-11(8-10)13-4-6-15-7-5-13/h1-3,8H,4-7H2. The van der Waals surface area contributed by atoms with Gasteiger partial charge in [-0.1, -0.05) is 0 Å². The summed E-state index contributed by atoms with van der Waals surface area (Å²) < 4.78 is 5.24. The Morgan fingerprint density at radius 3 is 2.87 bits per heavy atom. The zero-order valence-corrected chi connectivity index (χ0v) is 8.35. The van der Waals surface area contributed by atoms with Crippen LogP contribution in [0.25, 0.3) is 0 Å². The van der Waals surface area contributed by atoms with Crippen molar-refractivity contribution in [2.75, 3.05) is 31.2 Å². The van der Waals surface area contributed by atoms with Gasteiger partial charge in [-0.15, -0.1) is 0 Å². The Labute approximate surface area is 88.9 Å². The van der Waals surface area contributed by atoms with Gasteiger partial charge < -0.3 is 9.64 Å². The summed E-state index contributed by atoms with van der Waals surface area (Å²) in [4.78, 5) is 17.3. The molecular formula is C11H12N2O2. The minimum Gasteiger partial charge on any atom is -0.378 e. The van der Waals surface area contributed by atoms with Crippen molar-refractivity contribution in [3.63, 3.8) is 0 Å². The fourth-order valence-electron chi connectivity index (χ4n) is 1.54. The van der Waals surface area contributed by atoms with E-state index in [0.29, 0.717) is 18.8 Å². The second-order valence-corrected chi connectivity index (χ2v) is 3.37. The Kier molecular flexibility index (Phi) is 2.97. The maximum atomic E-state index is 11.0. The average Bonchev–Trinajstić information content (AvgIpc) is 2.30. The molecule has 1 aromatic heterocycles.